The average molecular weight is 288 g/mol. The molecule has 0 saturated heterocycles. The normalized spacial score (nSPS) is 15.7. The van der Waals surface area contributed by atoms with Crippen LogP contribution >= 0.6 is 12.2 Å². The molecule has 0 aromatic heterocycles. The van der Waals surface area contributed by atoms with Crippen LogP contribution in [-0.2, 0) is 6.42 Å². The Morgan fingerprint density at radius 2 is 2.10 bits per heavy atom. The van der Waals surface area contributed by atoms with E-state index in [1.54, 1.807) is 0 Å². The summed E-state index contributed by atoms with van der Waals surface area (Å²) in [5.41, 5.74) is 12.9. The van der Waals surface area contributed by atoms with Gasteiger partial charge in [-0.25, -0.2) is 0 Å². The number of nitrogens with two attached hydrogens (primary N) is 1. The second kappa shape index (κ2) is 6.06. The van der Waals surface area contributed by atoms with E-state index >= 15 is 0 Å². The second-order valence-corrected chi connectivity index (χ2v) is 6.50. The van der Waals surface area contributed by atoms with Crippen LogP contribution in [0.15, 0.2) is 23.8 Å². The summed E-state index contributed by atoms with van der Waals surface area (Å²) in [5.74, 6) is 0.158. The van der Waals surface area contributed by atoms with Gasteiger partial charge in [0.15, 0.2) is 0 Å². The summed E-state index contributed by atoms with van der Waals surface area (Å²) >= 11 is 5.24. The second-order valence-electron chi connectivity index (χ2n) is 6.03. The van der Waals surface area contributed by atoms with Crippen molar-refractivity contribution in [3.8, 4) is 0 Å². The Morgan fingerprint density at radius 3 is 2.70 bits per heavy atom. The van der Waals surface area contributed by atoms with Crippen LogP contribution in [0.2, 0.25) is 0 Å². The van der Waals surface area contributed by atoms with E-state index in [4.69, 9.17) is 18.0 Å². The molecule has 2 N–H and O–H groups in total. The van der Waals surface area contributed by atoms with E-state index in [0.717, 1.165) is 19.4 Å². The van der Waals surface area contributed by atoms with Crippen molar-refractivity contribution in [1.29, 1.82) is 0 Å². The molecule has 1 aromatic carbocycles. The van der Waals surface area contributed by atoms with Crippen LogP contribution in [0.3, 0.4) is 0 Å². The third kappa shape index (κ3) is 3.10. The zero-order chi connectivity index (χ0) is 14.9. The van der Waals surface area contributed by atoms with Crippen molar-refractivity contribution >= 4 is 22.8 Å². The van der Waals surface area contributed by atoms with Crippen LogP contribution in [0, 0.1) is 12.8 Å². The quantitative estimate of drug-likeness (QED) is 0.844. The molecule has 108 valence electrons. The van der Waals surface area contributed by atoms with Gasteiger partial charge in [-0.3, -0.25) is 0 Å². The number of nitrogens with zero attached hydrogens (tertiary/aromatic N) is 1. The molecular weight excluding hydrogens is 264 g/mol. The lowest BCUT2D eigenvalue weighted by atomic mass is 9.91. The van der Waals surface area contributed by atoms with E-state index in [0.29, 0.717) is 4.99 Å². The fraction of sp³-hybridized carbons (Fsp3) is 0.471. The smallest absolute Gasteiger partial charge is 0.0800 e. The maximum absolute atomic E-state index is 5.92. The van der Waals surface area contributed by atoms with Crippen LogP contribution in [0.5, 0.6) is 0 Å². The SMILES string of the molecule is Cc1ccc2c(c1)C(C(C)C(N)=S)=C(CCN(C)C)C2. The van der Waals surface area contributed by atoms with Crippen molar-refractivity contribution in [3.63, 3.8) is 0 Å². The molecule has 1 aromatic rings. The Kier molecular flexibility index (Phi) is 4.61. The standard InChI is InChI=1S/C17H24N2S/c1-11-5-6-13-10-14(7-8-19(3)4)16(15(13)9-11)12(2)17(18)20/h5-6,9,12H,7-8,10H2,1-4H3,(H2,18,20). The van der Waals surface area contributed by atoms with Crippen LogP contribution < -0.4 is 5.73 Å². The van der Waals surface area contributed by atoms with E-state index in [-0.39, 0.29) is 5.92 Å². The van der Waals surface area contributed by atoms with Crippen molar-refractivity contribution in [2.24, 2.45) is 11.7 Å². The van der Waals surface area contributed by atoms with Crippen molar-refractivity contribution in [2.75, 3.05) is 20.6 Å². The van der Waals surface area contributed by atoms with Crippen LogP contribution in [0.1, 0.15) is 30.0 Å². The first kappa shape index (κ1) is 15.2. The summed E-state index contributed by atoms with van der Waals surface area (Å²) in [4.78, 5) is 2.82. The van der Waals surface area contributed by atoms with E-state index in [1.165, 1.54) is 27.8 Å². The van der Waals surface area contributed by atoms with Gasteiger partial charge in [-0.05, 0) is 50.6 Å². The summed E-state index contributed by atoms with van der Waals surface area (Å²) in [7, 11) is 4.23. The van der Waals surface area contributed by atoms with Gasteiger partial charge in [0.2, 0.25) is 0 Å². The molecule has 1 unspecified atom stereocenters. The Balaban J connectivity index is 2.41. The topological polar surface area (TPSA) is 29.3 Å². The van der Waals surface area contributed by atoms with Gasteiger partial charge in [-0.1, -0.05) is 48.5 Å². The first-order valence-electron chi connectivity index (χ1n) is 7.16. The van der Waals surface area contributed by atoms with Gasteiger partial charge in [0.1, 0.15) is 0 Å². The number of hydrogen-bond acceptors (Lipinski definition) is 2. The van der Waals surface area contributed by atoms with Crippen LogP contribution in [-0.4, -0.2) is 30.5 Å². The molecule has 1 atom stereocenters. The number of benzene rings is 1. The molecule has 1 aliphatic rings. The number of rotatable bonds is 5. The van der Waals surface area contributed by atoms with Crippen molar-refractivity contribution < 1.29 is 0 Å². The molecule has 3 heteroatoms. The third-order valence-electron chi connectivity index (χ3n) is 4.06. The molecule has 1 aliphatic carbocycles. The van der Waals surface area contributed by atoms with Gasteiger partial charge in [0, 0.05) is 12.5 Å². The third-order valence-corrected chi connectivity index (χ3v) is 4.41. The molecule has 0 saturated carbocycles. The highest BCUT2D eigenvalue weighted by Gasteiger charge is 2.26. The number of thiocarbonyl (C=S) groups is 1. The largest absolute Gasteiger partial charge is 0.393 e. The minimum absolute atomic E-state index is 0.158. The Morgan fingerprint density at radius 1 is 1.40 bits per heavy atom. The Labute approximate surface area is 127 Å². The van der Waals surface area contributed by atoms with Crippen LogP contribution in [0.25, 0.3) is 5.57 Å². The van der Waals surface area contributed by atoms with E-state index < -0.39 is 0 Å². The van der Waals surface area contributed by atoms with Gasteiger partial charge < -0.3 is 10.6 Å². The van der Waals surface area contributed by atoms with Crippen molar-refractivity contribution in [3.05, 3.63) is 40.5 Å². The molecule has 0 aliphatic heterocycles. The molecule has 20 heavy (non-hydrogen) atoms. The summed E-state index contributed by atoms with van der Waals surface area (Å²) in [6.07, 6.45) is 2.13. The van der Waals surface area contributed by atoms with Gasteiger partial charge in [0.05, 0.1) is 4.99 Å². The van der Waals surface area contributed by atoms with Gasteiger partial charge >= 0.3 is 0 Å². The first-order valence-corrected chi connectivity index (χ1v) is 7.57. The van der Waals surface area contributed by atoms with Crippen LogP contribution in [0.4, 0.5) is 0 Å². The maximum atomic E-state index is 5.92. The zero-order valence-corrected chi connectivity index (χ0v) is 13.7. The zero-order valence-electron chi connectivity index (χ0n) is 12.9. The first-order chi connectivity index (χ1) is 9.40. The molecule has 0 radical (unpaired) electrons. The molecule has 0 spiro atoms. The predicted molar refractivity (Wildman–Crippen MR) is 90.9 cm³/mol. The number of aryl methyl sites for hydroxylation is 1. The summed E-state index contributed by atoms with van der Waals surface area (Å²) in [6, 6.07) is 6.72. The molecule has 0 fully saturated rings. The fourth-order valence-electron chi connectivity index (χ4n) is 2.87. The van der Waals surface area contributed by atoms with Gasteiger partial charge in [0.25, 0.3) is 0 Å². The molecule has 2 nitrogen and oxygen atoms in total. The van der Waals surface area contributed by atoms with E-state index in [9.17, 15) is 0 Å². The Bertz CT molecular complexity index is 558. The number of hydrogen-bond donors (Lipinski definition) is 1. The summed E-state index contributed by atoms with van der Waals surface area (Å²) < 4.78 is 0. The summed E-state index contributed by atoms with van der Waals surface area (Å²) in [6.45, 7) is 5.34. The molecule has 0 amide bonds. The number of fused-ring (bicyclic) bond motifs is 1. The maximum Gasteiger partial charge on any atom is 0.0800 e. The van der Waals surface area contributed by atoms with Gasteiger partial charge in [-0.2, -0.15) is 0 Å². The molecule has 0 bridgehead atoms. The molecular formula is C17H24N2S. The van der Waals surface area contributed by atoms with E-state index in [2.05, 4.69) is 51.0 Å². The molecule has 0 heterocycles. The van der Waals surface area contributed by atoms with Crippen molar-refractivity contribution in [1.82, 2.24) is 4.90 Å². The van der Waals surface area contributed by atoms with Crippen molar-refractivity contribution in [2.45, 2.75) is 26.7 Å². The van der Waals surface area contributed by atoms with Gasteiger partial charge in [-0.15, -0.1) is 0 Å². The monoisotopic (exact) mass is 288 g/mol. The highest BCUT2D eigenvalue weighted by molar-refractivity contribution is 7.80. The minimum atomic E-state index is 0.158. The van der Waals surface area contributed by atoms with E-state index in [1.807, 2.05) is 0 Å². The fourth-order valence-corrected chi connectivity index (χ4v) is 2.99. The Hall–Kier alpha value is -1.19. The summed E-state index contributed by atoms with van der Waals surface area (Å²) in [5, 5.41) is 0. The lowest BCUT2D eigenvalue weighted by molar-refractivity contribution is 0.412. The highest BCUT2D eigenvalue weighted by Crippen LogP contribution is 2.39. The predicted octanol–water partition coefficient (Wildman–Crippen LogP) is 3.18. The lowest BCUT2D eigenvalue weighted by Crippen LogP contribution is -2.20. The minimum Gasteiger partial charge on any atom is -0.393 e. The average Bonchev–Trinajstić information content (AvgIpc) is 2.72. The lowest BCUT2D eigenvalue weighted by Gasteiger charge is -2.17. The highest BCUT2D eigenvalue weighted by atomic mass is 32.1. The molecule has 2 rings (SSSR count).